The van der Waals surface area contributed by atoms with Crippen LogP contribution in [0.4, 0.5) is 0 Å². The molecule has 1 amide bonds. The molecule has 12 heteroatoms. The van der Waals surface area contributed by atoms with Crippen molar-refractivity contribution in [2.24, 2.45) is 0 Å². The molecule has 1 aromatic heterocycles. The Bertz CT molecular complexity index is 1210. The van der Waals surface area contributed by atoms with Gasteiger partial charge in [-0.3, -0.25) is 9.89 Å². The van der Waals surface area contributed by atoms with Gasteiger partial charge in [-0.15, -0.1) is 5.10 Å². The number of hydrogen-bond donors (Lipinski definition) is 2. The van der Waals surface area contributed by atoms with Crippen molar-refractivity contribution in [3.63, 3.8) is 0 Å². The largest absolute Gasteiger partial charge is 0.492 e. The Morgan fingerprint density at radius 1 is 1.21 bits per heavy atom. The molecule has 0 spiro atoms. The minimum Gasteiger partial charge on any atom is -0.492 e. The molecule has 34 heavy (non-hydrogen) atoms. The average Bonchev–Trinajstić information content (AvgIpc) is 3.31. The van der Waals surface area contributed by atoms with Crippen LogP contribution in [0.25, 0.3) is 11.4 Å². The summed E-state index contributed by atoms with van der Waals surface area (Å²) < 4.78 is 32.4. The number of carbonyl (C=O) groups excluding carboxylic acids is 1. The zero-order chi connectivity index (χ0) is 24.6. The predicted molar refractivity (Wildman–Crippen MR) is 133 cm³/mol. The van der Waals surface area contributed by atoms with Crippen molar-refractivity contribution < 1.29 is 17.9 Å². The second-order valence-corrected chi connectivity index (χ2v) is 10.4. The predicted octanol–water partition coefficient (Wildman–Crippen LogP) is 3.44. The van der Waals surface area contributed by atoms with E-state index in [0.717, 1.165) is 9.87 Å². The van der Waals surface area contributed by atoms with Gasteiger partial charge in [-0.1, -0.05) is 60.6 Å². The van der Waals surface area contributed by atoms with E-state index >= 15 is 0 Å². The third kappa shape index (κ3) is 6.72. The molecule has 2 N–H and O–H groups in total. The lowest BCUT2D eigenvalue weighted by Gasteiger charge is -2.20. The Balaban J connectivity index is 1.50. The first kappa shape index (κ1) is 26.0. The number of carbonyl (C=O) groups is 1. The second-order valence-electron chi connectivity index (χ2n) is 6.99. The van der Waals surface area contributed by atoms with E-state index in [2.05, 4.69) is 20.5 Å². The zero-order valence-electron chi connectivity index (χ0n) is 18.8. The van der Waals surface area contributed by atoms with E-state index in [1.165, 1.54) is 30.0 Å². The molecule has 0 aliphatic rings. The van der Waals surface area contributed by atoms with Gasteiger partial charge in [0, 0.05) is 24.4 Å². The van der Waals surface area contributed by atoms with Gasteiger partial charge in [0.15, 0.2) is 5.82 Å². The van der Waals surface area contributed by atoms with E-state index in [9.17, 15) is 13.2 Å². The van der Waals surface area contributed by atoms with Gasteiger partial charge in [-0.25, -0.2) is 13.4 Å². The third-order valence-corrected chi connectivity index (χ3v) is 7.74. The number of sulfonamides is 1. The molecule has 0 atom stereocenters. The summed E-state index contributed by atoms with van der Waals surface area (Å²) >= 11 is 7.52. The fraction of sp³-hybridized carbons (Fsp3) is 0.318. The van der Waals surface area contributed by atoms with Crippen LogP contribution in [-0.2, 0) is 14.8 Å². The average molecular weight is 524 g/mol. The van der Waals surface area contributed by atoms with Crippen LogP contribution in [-0.4, -0.2) is 65.8 Å². The lowest BCUT2D eigenvalue weighted by molar-refractivity contribution is -0.121. The number of nitrogens with one attached hydrogen (secondary N) is 2. The van der Waals surface area contributed by atoms with Gasteiger partial charge in [0.2, 0.25) is 21.1 Å². The van der Waals surface area contributed by atoms with Crippen molar-refractivity contribution in [1.29, 1.82) is 0 Å². The van der Waals surface area contributed by atoms with Crippen molar-refractivity contribution in [3.8, 4) is 17.1 Å². The third-order valence-electron chi connectivity index (χ3n) is 4.68. The fourth-order valence-corrected chi connectivity index (χ4v) is 5.40. The van der Waals surface area contributed by atoms with Crippen LogP contribution in [0.15, 0.2) is 58.6 Å². The Labute approximate surface area is 208 Å². The number of rotatable bonds is 12. The molecule has 0 aliphatic heterocycles. The summed E-state index contributed by atoms with van der Waals surface area (Å²) in [6.07, 6.45) is 0. The number of H-pyrrole nitrogens is 1. The van der Waals surface area contributed by atoms with E-state index in [4.69, 9.17) is 16.3 Å². The molecule has 0 unspecified atom stereocenters. The number of aromatic nitrogens is 3. The normalized spacial score (nSPS) is 11.5. The Morgan fingerprint density at radius 3 is 2.65 bits per heavy atom. The lowest BCUT2D eigenvalue weighted by atomic mass is 10.2. The highest BCUT2D eigenvalue weighted by atomic mass is 35.5. The van der Waals surface area contributed by atoms with E-state index in [1.54, 1.807) is 6.92 Å². The summed E-state index contributed by atoms with van der Waals surface area (Å²) in [6.45, 7) is 4.07. The van der Waals surface area contributed by atoms with Crippen LogP contribution in [0, 0.1) is 0 Å². The van der Waals surface area contributed by atoms with Crippen molar-refractivity contribution >= 4 is 39.3 Å². The highest BCUT2D eigenvalue weighted by Gasteiger charge is 2.26. The molecule has 9 nitrogen and oxygen atoms in total. The lowest BCUT2D eigenvalue weighted by Crippen LogP contribution is -2.41. The van der Waals surface area contributed by atoms with Gasteiger partial charge in [0.05, 0.1) is 23.1 Å². The Kier molecular flexibility index (Phi) is 9.34. The minimum absolute atomic E-state index is 0.00462. The van der Waals surface area contributed by atoms with E-state index in [0.29, 0.717) is 35.6 Å². The van der Waals surface area contributed by atoms with Gasteiger partial charge in [0.25, 0.3) is 0 Å². The summed E-state index contributed by atoms with van der Waals surface area (Å²) in [7, 11) is -3.89. The number of likely N-dealkylation sites (N-methyl/N-ethyl adjacent to an activating group) is 1. The number of amides is 1. The first-order chi connectivity index (χ1) is 16.3. The highest BCUT2D eigenvalue weighted by Crippen LogP contribution is 2.28. The van der Waals surface area contributed by atoms with Crippen molar-refractivity contribution in [3.05, 3.63) is 53.6 Å². The minimum atomic E-state index is -3.89. The van der Waals surface area contributed by atoms with E-state index in [-0.39, 0.29) is 23.0 Å². The Hall–Kier alpha value is -2.60. The zero-order valence-corrected chi connectivity index (χ0v) is 21.2. The van der Waals surface area contributed by atoms with Gasteiger partial charge < -0.3 is 10.1 Å². The fourth-order valence-electron chi connectivity index (χ4n) is 3.02. The first-order valence-corrected chi connectivity index (χ1v) is 13.4. The Morgan fingerprint density at radius 2 is 1.97 bits per heavy atom. The van der Waals surface area contributed by atoms with Crippen molar-refractivity contribution in [1.82, 2.24) is 24.8 Å². The van der Waals surface area contributed by atoms with Crippen LogP contribution in [0.2, 0.25) is 5.02 Å². The van der Waals surface area contributed by atoms with Crippen molar-refractivity contribution in [2.45, 2.75) is 23.9 Å². The highest BCUT2D eigenvalue weighted by molar-refractivity contribution is 7.99. The topological polar surface area (TPSA) is 117 Å². The van der Waals surface area contributed by atoms with Gasteiger partial charge in [0.1, 0.15) is 5.75 Å². The number of hydrogen-bond acceptors (Lipinski definition) is 7. The molecule has 0 fully saturated rings. The van der Waals surface area contributed by atoms with Crippen LogP contribution >= 0.6 is 23.4 Å². The second kappa shape index (κ2) is 12.2. The smallest absolute Gasteiger partial charge is 0.243 e. The molecule has 0 saturated heterocycles. The van der Waals surface area contributed by atoms with Crippen LogP contribution < -0.4 is 10.1 Å². The van der Waals surface area contributed by atoms with Crippen LogP contribution in [0.3, 0.4) is 0 Å². The van der Waals surface area contributed by atoms with Crippen LogP contribution in [0.5, 0.6) is 5.75 Å². The molecule has 0 bridgehead atoms. The summed E-state index contributed by atoms with van der Waals surface area (Å²) in [6, 6.07) is 13.9. The molecule has 0 saturated carbocycles. The maximum atomic E-state index is 13.0. The molecular weight excluding hydrogens is 498 g/mol. The molecule has 1 heterocycles. The van der Waals surface area contributed by atoms with Crippen molar-refractivity contribution in [2.75, 3.05) is 32.0 Å². The molecule has 3 rings (SSSR count). The molecule has 2 aromatic carbocycles. The number of thioether (sulfide) groups is 1. The molecule has 0 aliphatic carbocycles. The molecular formula is C22H26ClN5O4S2. The summed E-state index contributed by atoms with van der Waals surface area (Å²) in [4.78, 5) is 16.8. The number of benzene rings is 2. The van der Waals surface area contributed by atoms with Gasteiger partial charge in [-0.05, 0) is 25.1 Å². The van der Waals surface area contributed by atoms with E-state index < -0.39 is 15.9 Å². The number of nitrogens with zero attached hydrogens (tertiary/aromatic N) is 3. The summed E-state index contributed by atoms with van der Waals surface area (Å²) in [5.74, 6) is 1.21. The summed E-state index contributed by atoms with van der Waals surface area (Å²) in [5.41, 5.74) is 0.935. The van der Waals surface area contributed by atoms with Gasteiger partial charge >= 0.3 is 0 Å². The molecule has 3 aromatic rings. The maximum absolute atomic E-state index is 13.0. The quantitative estimate of drug-likeness (QED) is 0.276. The maximum Gasteiger partial charge on any atom is 0.243 e. The number of ether oxygens (including phenoxy) is 1. The monoisotopic (exact) mass is 523 g/mol. The number of aromatic amines is 1. The molecule has 182 valence electrons. The van der Waals surface area contributed by atoms with Crippen LogP contribution in [0.1, 0.15) is 13.8 Å². The standard InChI is InChI=1S/C22H26ClN5O4S2/c1-3-28(34(30,31)17-10-11-19(32-4-2)18(23)14-17)15-20(29)24-12-13-33-22-25-21(26-27-22)16-8-6-5-7-9-16/h5-11,14H,3-4,12-13,15H2,1-2H3,(H,24,29)(H,25,26,27). The number of halogens is 1. The SMILES string of the molecule is CCOc1ccc(S(=O)(=O)N(CC)CC(=O)NCCSc2n[nH]c(-c3ccccc3)n2)cc1Cl. The van der Waals surface area contributed by atoms with E-state index in [1.807, 2.05) is 37.3 Å². The van der Waals surface area contributed by atoms with Gasteiger partial charge in [-0.2, -0.15) is 4.31 Å². The first-order valence-electron chi connectivity index (χ1n) is 10.6. The summed E-state index contributed by atoms with van der Waals surface area (Å²) in [5, 5.41) is 10.6. The molecule has 0 radical (unpaired) electrons.